The molecule has 0 aliphatic carbocycles. The van der Waals surface area contributed by atoms with E-state index >= 15 is 0 Å². The topological polar surface area (TPSA) is 7.12 Å². The number of aromatic nitrogens is 1. The van der Waals surface area contributed by atoms with E-state index in [-0.39, 0.29) is 0 Å². The molecule has 0 fully saturated rings. The highest BCUT2D eigenvalue weighted by molar-refractivity contribution is 5.41. The molecule has 1 aromatic heterocycles. The van der Waals surface area contributed by atoms with Crippen molar-refractivity contribution in [3.8, 4) is 0 Å². The lowest BCUT2D eigenvalue weighted by Crippen LogP contribution is -2.74. The van der Waals surface area contributed by atoms with Crippen LogP contribution in [0.15, 0.2) is 24.5 Å². The summed E-state index contributed by atoms with van der Waals surface area (Å²) < 4.78 is 225. The van der Waals surface area contributed by atoms with Gasteiger partial charge in [0.1, 0.15) is 0 Å². The van der Waals surface area contributed by atoms with Crippen molar-refractivity contribution in [2.75, 3.05) is 19.0 Å². The number of anilines is 1. The highest BCUT2D eigenvalue weighted by Crippen LogP contribution is 2.64. The molecule has 0 aromatic carbocycles. The zero-order valence-corrected chi connectivity index (χ0v) is 17.5. The van der Waals surface area contributed by atoms with Crippen LogP contribution in [-0.4, -0.2) is 61.7 Å². The number of hydrogen-bond acceptors (Lipinski definition) is 1. The number of alkyl halides is 17. The Hall–Kier alpha value is -2.24. The van der Waals surface area contributed by atoms with Gasteiger partial charge in [-0.3, -0.25) is 0 Å². The Kier molecular flexibility index (Phi) is 7.90. The number of hydrogen-bond donors (Lipinski definition) is 0. The van der Waals surface area contributed by atoms with Crippen molar-refractivity contribution in [2.24, 2.45) is 0 Å². The van der Waals surface area contributed by atoms with E-state index in [0.717, 1.165) is 12.4 Å². The van der Waals surface area contributed by atoms with Gasteiger partial charge < -0.3 is 4.90 Å². The summed E-state index contributed by atoms with van der Waals surface area (Å²) in [7, 11) is 3.00. The van der Waals surface area contributed by atoms with Gasteiger partial charge in [0, 0.05) is 31.9 Å². The van der Waals surface area contributed by atoms with E-state index in [1.54, 1.807) is 0 Å². The number of aryl methyl sites for hydroxylation is 1. The summed E-state index contributed by atoms with van der Waals surface area (Å²) in [6, 6.07) is 2.34. The van der Waals surface area contributed by atoms with Crippen molar-refractivity contribution in [3.63, 3.8) is 0 Å². The first-order valence-corrected chi connectivity index (χ1v) is 9.01. The van der Waals surface area contributed by atoms with Crippen LogP contribution in [0.25, 0.3) is 0 Å². The second-order valence-electron chi connectivity index (χ2n) is 7.59. The van der Waals surface area contributed by atoms with E-state index in [0.29, 0.717) is 10.3 Å². The van der Waals surface area contributed by atoms with Gasteiger partial charge in [-0.25, -0.2) is 4.57 Å². The molecule has 19 heteroatoms. The maximum absolute atomic E-state index is 13.9. The minimum atomic E-state index is -8.61. The first kappa shape index (κ1) is 31.8. The molecule has 2 nitrogen and oxygen atoms in total. The molecular weight excluding hydrogens is 555 g/mol. The lowest BCUT2D eigenvalue weighted by Gasteiger charge is -2.42. The molecule has 0 radical (unpaired) electrons. The average Bonchev–Trinajstić information content (AvgIpc) is 2.70. The third kappa shape index (κ3) is 4.61. The summed E-state index contributed by atoms with van der Waals surface area (Å²) in [5, 5.41) is 0. The van der Waals surface area contributed by atoms with Crippen LogP contribution in [0.3, 0.4) is 0 Å². The van der Waals surface area contributed by atoms with Gasteiger partial charge in [0.25, 0.3) is 0 Å². The Labute approximate surface area is 190 Å². The van der Waals surface area contributed by atoms with Gasteiger partial charge in [0.15, 0.2) is 18.9 Å². The lowest BCUT2D eigenvalue weighted by atomic mass is 9.88. The second-order valence-corrected chi connectivity index (χ2v) is 7.59. The predicted molar refractivity (Wildman–Crippen MR) is 86.3 cm³/mol. The van der Waals surface area contributed by atoms with Gasteiger partial charge in [-0.15, -0.1) is 0 Å². The number of rotatable bonds is 10. The molecule has 36 heavy (non-hydrogen) atoms. The van der Waals surface area contributed by atoms with Gasteiger partial charge in [0.05, 0.1) is 6.42 Å². The minimum Gasteiger partial charge on any atom is -0.377 e. The molecule has 0 atom stereocenters. The van der Waals surface area contributed by atoms with Crippen molar-refractivity contribution in [1.82, 2.24) is 0 Å². The summed E-state index contributed by atoms with van der Waals surface area (Å²) >= 11 is 0. The van der Waals surface area contributed by atoms with Gasteiger partial charge in [-0.1, -0.05) is 0 Å². The summed E-state index contributed by atoms with van der Waals surface area (Å²) in [4.78, 5) is 1.45. The Morgan fingerprint density at radius 3 is 1.22 bits per heavy atom. The molecule has 0 bridgehead atoms. The fraction of sp³-hybridized carbons (Fsp3) is 0.706. The summed E-state index contributed by atoms with van der Waals surface area (Å²) in [6.45, 7) is -1.38. The van der Waals surface area contributed by atoms with Crippen LogP contribution in [0.2, 0.25) is 0 Å². The zero-order valence-electron chi connectivity index (χ0n) is 17.5. The molecule has 210 valence electrons. The van der Waals surface area contributed by atoms with Crippen molar-refractivity contribution < 1.29 is 79.2 Å². The Morgan fingerprint density at radius 1 is 0.556 bits per heavy atom. The van der Waals surface area contributed by atoms with E-state index in [9.17, 15) is 74.6 Å². The van der Waals surface area contributed by atoms with Gasteiger partial charge in [-0.05, 0) is 0 Å². The van der Waals surface area contributed by atoms with Crippen molar-refractivity contribution in [3.05, 3.63) is 24.5 Å². The molecule has 0 aliphatic rings. The molecular formula is C17H14F17N2+. The molecule has 0 spiro atoms. The van der Waals surface area contributed by atoms with Crippen LogP contribution in [-0.2, 0) is 6.54 Å². The smallest absolute Gasteiger partial charge is 0.377 e. The molecule has 0 saturated heterocycles. The highest BCUT2D eigenvalue weighted by Gasteiger charge is 2.95. The Morgan fingerprint density at radius 2 is 0.889 bits per heavy atom. The SMILES string of the molecule is CN(C)c1cc[n+](CCC(F)(F)C(F)(F)C(F)(F)C(F)(F)C(F)(F)C(F)(F)C(F)(F)C(F)(F)F)cc1. The summed E-state index contributed by atoms with van der Waals surface area (Å²) in [6.07, 6.45) is -8.47. The Bertz CT molecular complexity index is 903. The molecule has 0 amide bonds. The van der Waals surface area contributed by atoms with Crippen LogP contribution in [0.4, 0.5) is 80.3 Å². The molecule has 0 unspecified atom stereocenters. The molecule has 0 N–H and O–H groups in total. The van der Waals surface area contributed by atoms with E-state index in [2.05, 4.69) is 0 Å². The van der Waals surface area contributed by atoms with E-state index in [1.807, 2.05) is 0 Å². The number of halogens is 17. The van der Waals surface area contributed by atoms with Crippen molar-refractivity contribution in [2.45, 2.75) is 60.6 Å². The third-order valence-corrected chi connectivity index (χ3v) is 4.86. The molecule has 1 heterocycles. The highest BCUT2D eigenvalue weighted by atomic mass is 19.4. The van der Waals surface area contributed by atoms with E-state index in [4.69, 9.17) is 0 Å². The minimum absolute atomic E-state index is 0.397. The van der Waals surface area contributed by atoms with Gasteiger partial charge >= 0.3 is 47.6 Å². The van der Waals surface area contributed by atoms with Crippen LogP contribution < -0.4 is 9.47 Å². The number of nitrogens with zero attached hydrogens (tertiary/aromatic N) is 2. The van der Waals surface area contributed by atoms with Gasteiger partial charge in [-0.2, -0.15) is 74.6 Å². The standard InChI is InChI=1S/C17H14F17N2/c1-35(2)9-3-6-36(7-4-9)8-5-10(18,19)11(20,21)12(22,23)13(24,25)14(26,27)15(28,29)16(30,31)17(32,33)34/h3-4,6-7H,5,8H2,1-2H3/q+1. The second kappa shape index (κ2) is 8.95. The average molecular weight is 569 g/mol. The largest absolute Gasteiger partial charge is 0.460 e. The fourth-order valence-electron chi connectivity index (χ4n) is 2.52. The van der Waals surface area contributed by atoms with Crippen LogP contribution in [0.1, 0.15) is 6.42 Å². The maximum atomic E-state index is 13.9. The first-order chi connectivity index (χ1) is 15.6. The van der Waals surface area contributed by atoms with Crippen LogP contribution >= 0.6 is 0 Å². The summed E-state index contributed by atoms with van der Waals surface area (Å²) in [5.74, 6) is -56.1. The Balaban J connectivity index is 3.40. The zero-order chi connectivity index (χ0) is 29.0. The lowest BCUT2D eigenvalue weighted by molar-refractivity contribution is -0.700. The molecule has 1 aromatic rings. The normalized spacial score (nSPS) is 15.3. The fourth-order valence-corrected chi connectivity index (χ4v) is 2.52. The van der Waals surface area contributed by atoms with Gasteiger partial charge in [0.2, 0.25) is 0 Å². The molecule has 1 rings (SSSR count). The predicted octanol–water partition coefficient (Wildman–Crippen LogP) is 6.44. The van der Waals surface area contributed by atoms with Crippen molar-refractivity contribution >= 4 is 5.69 Å². The van der Waals surface area contributed by atoms with E-state index in [1.165, 1.54) is 31.1 Å². The van der Waals surface area contributed by atoms with Crippen LogP contribution in [0.5, 0.6) is 0 Å². The van der Waals surface area contributed by atoms with Crippen LogP contribution in [0, 0.1) is 0 Å². The third-order valence-electron chi connectivity index (χ3n) is 4.86. The summed E-state index contributed by atoms with van der Waals surface area (Å²) in [5.41, 5.74) is 0.397. The molecule has 0 saturated carbocycles. The quantitative estimate of drug-likeness (QED) is 0.233. The monoisotopic (exact) mass is 569 g/mol. The number of pyridine rings is 1. The van der Waals surface area contributed by atoms with E-state index < -0.39 is 60.6 Å². The first-order valence-electron chi connectivity index (χ1n) is 9.01. The molecule has 0 aliphatic heterocycles. The van der Waals surface area contributed by atoms with Crippen molar-refractivity contribution in [1.29, 1.82) is 0 Å². The maximum Gasteiger partial charge on any atom is 0.460 e.